The first-order valence-corrected chi connectivity index (χ1v) is 10.1. The van der Waals surface area contributed by atoms with Crippen LogP contribution < -0.4 is 0 Å². The van der Waals surface area contributed by atoms with Crippen molar-refractivity contribution in [3.8, 4) is 0 Å². The number of rotatable bonds is 14. The molecule has 0 amide bonds. The van der Waals surface area contributed by atoms with Crippen LogP contribution in [0.15, 0.2) is 0 Å². The zero-order valence-corrected chi connectivity index (χ0v) is 16.0. The van der Waals surface area contributed by atoms with E-state index in [0.29, 0.717) is 6.61 Å². The first-order chi connectivity index (χ1) is 12.3. The number of methoxy groups -OCH3 is 1. The third-order valence-electron chi connectivity index (χ3n) is 3.58. The summed E-state index contributed by atoms with van der Waals surface area (Å²) in [5.74, 6) is 0. The molecule has 13 heteroatoms. The third kappa shape index (κ3) is 7.29. The molecule has 4 radical (unpaired) electrons. The molecule has 0 aromatic rings. The molecule has 4 atom stereocenters. The van der Waals surface area contributed by atoms with Crippen molar-refractivity contribution in [2.75, 3.05) is 53.2 Å². The maximum atomic E-state index is 10.4. The average Bonchev–Trinajstić information content (AvgIpc) is 2.94. The van der Waals surface area contributed by atoms with Crippen LogP contribution in [-0.2, 0) is 32.5 Å². The Morgan fingerprint density at radius 3 is 2.35 bits per heavy atom. The number of hydrogen-bond donors (Lipinski definition) is 3. The summed E-state index contributed by atoms with van der Waals surface area (Å²) >= 11 is 0. The van der Waals surface area contributed by atoms with Gasteiger partial charge in [0, 0.05) is 0 Å². The van der Waals surface area contributed by atoms with Crippen LogP contribution in [0.2, 0.25) is 0 Å². The topological polar surface area (TPSA) is 125 Å². The van der Waals surface area contributed by atoms with Crippen LogP contribution in [0, 0.1) is 0 Å². The van der Waals surface area contributed by atoms with Gasteiger partial charge in [0.2, 0.25) is 0 Å². The summed E-state index contributed by atoms with van der Waals surface area (Å²) in [6, 6.07) is 0. The number of hydrogen-bond acceptors (Lipinski definition) is 10. The van der Waals surface area contributed by atoms with E-state index in [1.165, 1.54) is 7.11 Å². The summed E-state index contributed by atoms with van der Waals surface area (Å²) in [6.07, 6.45) is -3.19. The molecule has 26 heavy (non-hydrogen) atoms. The Bertz CT molecular complexity index is 399. The number of aliphatic hydroxyl groups excluding tert-OH is 1. The molecule has 0 unspecified atom stereocenters. The van der Waals surface area contributed by atoms with Crippen LogP contribution >= 0.6 is 7.74 Å². The number of aliphatic hydroxyl groups is 1. The molecule has 3 N–H and O–H groups in total. The summed E-state index contributed by atoms with van der Waals surface area (Å²) in [6.45, 7) is 0.881. The normalized spacial score (nSPS) is 26.7. The predicted octanol–water partition coefficient (Wildman–Crippen LogP) is -1.40. The summed E-state index contributed by atoms with van der Waals surface area (Å²) in [5.41, 5.74) is 0. The van der Waals surface area contributed by atoms with Gasteiger partial charge < -0.3 is 0 Å². The summed E-state index contributed by atoms with van der Waals surface area (Å²) < 4.78 is 36.3. The minimum atomic E-state index is -5.36. The van der Waals surface area contributed by atoms with E-state index in [1.54, 1.807) is 6.92 Å². The summed E-state index contributed by atoms with van der Waals surface area (Å²) in [7, 11) is 6.81. The fourth-order valence-electron chi connectivity index (χ4n) is 2.37. The van der Waals surface area contributed by atoms with E-state index in [4.69, 9.17) is 48.2 Å². The second-order valence-corrected chi connectivity index (χ2v) is 7.75. The molecule has 0 aromatic carbocycles. The Labute approximate surface area is 156 Å². The molecule has 1 aliphatic heterocycles. The van der Waals surface area contributed by atoms with Crippen molar-refractivity contribution in [3.63, 3.8) is 0 Å². The van der Waals surface area contributed by atoms with E-state index < -0.39 is 38.8 Å². The quantitative estimate of drug-likeness (QED) is 0.239. The van der Waals surface area contributed by atoms with Gasteiger partial charge in [-0.3, -0.25) is 0 Å². The fourth-order valence-corrected chi connectivity index (χ4v) is 4.03. The predicted molar refractivity (Wildman–Crippen MR) is 93.5 cm³/mol. The van der Waals surface area contributed by atoms with E-state index in [1.807, 2.05) is 0 Å². The molecule has 0 aliphatic carbocycles. The van der Waals surface area contributed by atoms with Gasteiger partial charge in [0.05, 0.1) is 0 Å². The summed E-state index contributed by atoms with van der Waals surface area (Å²) in [4.78, 5) is 20.8. The Kier molecular flexibility index (Phi) is 10.5. The number of ether oxygens (including phenoxy) is 4. The second kappa shape index (κ2) is 11.2. The second-order valence-electron chi connectivity index (χ2n) is 5.41. The zero-order chi connectivity index (χ0) is 19.7. The van der Waals surface area contributed by atoms with Gasteiger partial charge in [-0.25, -0.2) is 0 Å². The Morgan fingerprint density at radius 2 is 1.81 bits per heavy atom. The van der Waals surface area contributed by atoms with Crippen LogP contribution in [0.3, 0.4) is 0 Å². The Morgan fingerprint density at radius 1 is 1.12 bits per heavy atom. The standard InChI is InChI=1S/C13H27B2O10P/c1-3-20-10(4-16)12(22-9-15)6-23-26(17,18)24-7-13(25-26)11(5-19-2)21-8-14/h10-13,16-18H,3-9H2,1-2H3/t10-,11-,12-,13-/m1/s1. The SMILES string of the molecule is [B]CO[C@H](COP1(O)(O)OC[C@H]([C@@H](COC)OC[B])O1)[C@@H](CO)OCC. The van der Waals surface area contributed by atoms with Crippen molar-refractivity contribution in [3.05, 3.63) is 0 Å². The van der Waals surface area contributed by atoms with E-state index in [9.17, 15) is 14.9 Å². The Hall–Kier alpha value is 0.160. The first kappa shape index (κ1) is 24.2. The van der Waals surface area contributed by atoms with Gasteiger partial charge in [0.25, 0.3) is 0 Å². The molecule has 0 bridgehead atoms. The van der Waals surface area contributed by atoms with Crippen molar-refractivity contribution in [1.82, 2.24) is 0 Å². The van der Waals surface area contributed by atoms with Gasteiger partial charge in [-0.15, -0.1) is 0 Å². The molecule has 150 valence electrons. The van der Waals surface area contributed by atoms with E-state index >= 15 is 0 Å². The fraction of sp³-hybridized carbons (Fsp3) is 1.00. The molecule has 1 fully saturated rings. The molecule has 1 saturated heterocycles. The van der Waals surface area contributed by atoms with Crippen LogP contribution in [0.1, 0.15) is 6.92 Å². The van der Waals surface area contributed by atoms with Crippen LogP contribution in [0.4, 0.5) is 0 Å². The zero-order valence-electron chi connectivity index (χ0n) is 15.1. The molecule has 1 aliphatic rings. The molecule has 1 rings (SSSR count). The van der Waals surface area contributed by atoms with Gasteiger partial charge in [0.1, 0.15) is 0 Å². The molecule has 0 aromatic heterocycles. The van der Waals surface area contributed by atoms with Crippen LogP contribution in [-0.4, -0.2) is 108 Å². The summed E-state index contributed by atoms with van der Waals surface area (Å²) in [5, 5.41) is 9.39. The minimum absolute atomic E-state index is 0.105. The van der Waals surface area contributed by atoms with E-state index in [2.05, 4.69) is 0 Å². The van der Waals surface area contributed by atoms with Crippen molar-refractivity contribution in [2.24, 2.45) is 0 Å². The molecular weight excluding hydrogens is 369 g/mol. The molecule has 0 spiro atoms. The van der Waals surface area contributed by atoms with Crippen molar-refractivity contribution in [1.29, 1.82) is 0 Å². The van der Waals surface area contributed by atoms with Gasteiger partial charge >= 0.3 is 155 Å². The van der Waals surface area contributed by atoms with Crippen molar-refractivity contribution < 1.29 is 47.4 Å². The molecule has 0 saturated carbocycles. The third-order valence-corrected chi connectivity index (χ3v) is 5.39. The van der Waals surface area contributed by atoms with Gasteiger partial charge in [-0.2, -0.15) is 0 Å². The Balaban J connectivity index is 2.73. The first-order valence-electron chi connectivity index (χ1n) is 8.17. The average molecular weight is 396 g/mol. The van der Waals surface area contributed by atoms with Crippen molar-refractivity contribution in [2.45, 2.75) is 31.3 Å². The van der Waals surface area contributed by atoms with Crippen LogP contribution in [0.25, 0.3) is 0 Å². The van der Waals surface area contributed by atoms with Gasteiger partial charge in [0.15, 0.2) is 0 Å². The van der Waals surface area contributed by atoms with E-state index in [-0.39, 0.29) is 32.8 Å². The van der Waals surface area contributed by atoms with Crippen LogP contribution in [0.5, 0.6) is 0 Å². The maximum absolute atomic E-state index is 10.4. The molecular formula is C13H27B2O10P. The molecule has 10 nitrogen and oxygen atoms in total. The van der Waals surface area contributed by atoms with Crippen molar-refractivity contribution >= 4 is 23.4 Å². The van der Waals surface area contributed by atoms with Gasteiger partial charge in [-0.1, -0.05) is 0 Å². The monoisotopic (exact) mass is 396 g/mol. The molecule has 1 heterocycles. The van der Waals surface area contributed by atoms with Gasteiger partial charge in [-0.05, 0) is 0 Å². The van der Waals surface area contributed by atoms with E-state index in [0.717, 1.165) is 0 Å².